The van der Waals surface area contributed by atoms with E-state index in [0.29, 0.717) is 11.1 Å². The topological polar surface area (TPSA) is 186 Å². The van der Waals surface area contributed by atoms with Gasteiger partial charge in [-0.15, -0.1) is 0 Å². The first kappa shape index (κ1) is 26.8. The van der Waals surface area contributed by atoms with Gasteiger partial charge in [-0.2, -0.15) is 0 Å². The largest absolute Gasteiger partial charge is 0.508 e. The number of ether oxygens (including phenoxy) is 3. The van der Waals surface area contributed by atoms with Gasteiger partial charge < -0.3 is 50.0 Å². The summed E-state index contributed by atoms with van der Waals surface area (Å²) in [6.07, 6.45) is -8.73. The number of carbonyl (C=O) groups excluding carboxylic acids is 1. The monoisotopic (exact) mass is 494 g/mol. The molecule has 35 heavy (non-hydrogen) atoms. The number of benzene rings is 2. The third-order valence-corrected chi connectivity index (χ3v) is 5.85. The molecule has 1 aliphatic rings. The summed E-state index contributed by atoms with van der Waals surface area (Å²) in [6.45, 7) is 0.470. The smallest absolute Gasteiger partial charge is 0.341 e. The van der Waals surface area contributed by atoms with Crippen molar-refractivity contribution in [1.82, 2.24) is 0 Å². The molecular weight excluding hydrogens is 464 g/mol. The third-order valence-electron chi connectivity index (χ3n) is 5.85. The molecule has 3 rings (SSSR count). The van der Waals surface area contributed by atoms with Crippen molar-refractivity contribution in [3.63, 3.8) is 0 Å². The fraction of sp³-hybridized carbons (Fsp3) is 0.458. The van der Waals surface area contributed by atoms with Gasteiger partial charge in [-0.25, -0.2) is 4.79 Å². The highest BCUT2D eigenvalue weighted by Crippen LogP contribution is 2.25. The third kappa shape index (κ3) is 6.27. The van der Waals surface area contributed by atoms with E-state index in [9.17, 15) is 40.5 Å². The number of hydrogen-bond donors (Lipinski definition) is 7. The highest BCUT2D eigenvalue weighted by molar-refractivity contribution is 5.80. The lowest BCUT2D eigenvalue weighted by atomic mass is 9.89. The zero-order chi connectivity index (χ0) is 25.8. The Morgan fingerprint density at radius 3 is 2.17 bits per heavy atom. The van der Waals surface area contributed by atoms with E-state index in [1.54, 1.807) is 12.1 Å². The van der Waals surface area contributed by atoms with Crippen LogP contribution in [0.15, 0.2) is 48.5 Å². The molecule has 0 aromatic heterocycles. The zero-order valence-electron chi connectivity index (χ0n) is 19.0. The van der Waals surface area contributed by atoms with Crippen LogP contribution in [0.1, 0.15) is 18.1 Å². The Morgan fingerprint density at radius 2 is 1.60 bits per heavy atom. The minimum absolute atomic E-state index is 0.0240. The predicted octanol–water partition coefficient (Wildman–Crippen LogP) is -1.03. The van der Waals surface area contributed by atoms with Crippen molar-refractivity contribution in [3.05, 3.63) is 59.7 Å². The molecule has 0 aliphatic carbocycles. The Bertz CT molecular complexity index is 960. The number of rotatable bonds is 9. The van der Waals surface area contributed by atoms with Crippen LogP contribution in [0.5, 0.6) is 11.5 Å². The van der Waals surface area contributed by atoms with Crippen LogP contribution < -0.4 is 4.74 Å². The summed E-state index contributed by atoms with van der Waals surface area (Å²) < 4.78 is 16.0. The quantitative estimate of drug-likeness (QED) is 0.211. The van der Waals surface area contributed by atoms with Crippen molar-refractivity contribution in [2.45, 2.75) is 62.4 Å². The Morgan fingerprint density at radius 1 is 1.00 bits per heavy atom. The maximum atomic E-state index is 12.6. The molecule has 1 saturated heterocycles. The summed E-state index contributed by atoms with van der Waals surface area (Å²) in [5.41, 5.74) is -1.17. The van der Waals surface area contributed by atoms with E-state index in [-0.39, 0.29) is 24.5 Å². The van der Waals surface area contributed by atoms with Crippen molar-refractivity contribution in [1.29, 1.82) is 0 Å². The lowest BCUT2D eigenvalue weighted by Gasteiger charge is -2.39. The van der Waals surface area contributed by atoms with Crippen LogP contribution in [-0.4, -0.2) is 90.7 Å². The molecule has 2 aromatic carbocycles. The SMILES string of the molecule is C[C@@H](O)[C@@](O)(Cc1ccc(O)cc1)C(=O)OCc1ccc(O[C@H]2O[C@@H](CO)[C@H](O)[C@@H](O)[C@@H]2O)cc1. The molecule has 0 saturated carbocycles. The number of hydrogen-bond acceptors (Lipinski definition) is 11. The van der Waals surface area contributed by atoms with Gasteiger partial charge in [-0.1, -0.05) is 24.3 Å². The lowest BCUT2D eigenvalue weighted by molar-refractivity contribution is -0.277. The second kappa shape index (κ2) is 11.3. The first-order chi connectivity index (χ1) is 16.5. The summed E-state index contributed by atoms with van der Waals surface area (Å²) in [7, 11) is 0. The number of esters is 1. The molecule has 7 atom stereocenters. The molecule has 11 nitrogen and oxygen atoms in total. The van der Waals surface area contributed by atoms with Crippen LogP contribution in [0.2, 0.25) is 0 Å². The van der Waals surface area contributed by atoms with Gasteiger partial charge in [-0.05, 0) is 42.3 Å². The van der Waals surface area contributed by atoms with Gasteiger partial charge in [0, 0.05) is 6.42 Å². The molecule has 7 N–H and O–H groups in total. The molecule has 2 aromatic rings. The van der Waals surface area contributed by atoms with E-state index in [0.717, 1.165) is 0 Å². The summed E-state index contributed by atoms with van der Waals surface area (Å²) in [4.78, 5) is 12.6. The van der Waals surface area contributed by atoms with Gasteiger partial charge in [0.2, 0.25) is 6.29 Å². The minimum Gasteiger partial charge on any atom is -0.508 e. The van der Waals surface area contributed by atoms with Gasteiger partial charge in [0.25, 0.3) is 0 Å². The number of carbonyl (C=O) groups is 1. The fourth-order valence-electron chi connectivity index (χ4n) is 3.55. The van der Waals surface area contributed by atoms with Crippen LogP contribution in [0.25, 0.3) is 0 Å². The summed E-state index contributed by atoms with van der Waals surface area (Å²) in [5, 5.41) is 69.2. The first-order valence-electron chi connectivity index (χ1n) is 11.0. The maximum absolute atomic E-state index is 12.6. The van der Waals surface area contributed by atoms with Crippen LogP contribution in [0.4, 0.5) is 0 Å². The molecular formula is C24H30O11. The van der Waals surface area contributed by atoms with Gasteiger partial charge in [-0.3, -0.25) is 0 Å². The summed E-state index contributed by atoms with van der Waals surface area (Å²) in [6, 6.07) is 11.9. The van der Waals surface area contributed by atoms with E-state index in [4.69, 9.17) is 14.2 Å². The van der Waals surface area contributed by atoms with E-state index in [1.165, 1.54) is 43.3 Å². The zero-order valence-corrected chi connectivity index (χ0v) is 19.0. The molecule has 1 heterocycles. The average molecular weight is 494 g/mol. The van der Waals surface area contributed by atoms with Crippen LogP contribution in [0.3, 0.4) is 0 Å². The molecule has 1 aliphatic heterocycles. The van der Waals surface area contributed by atoms with E-state index >= 15 is 0 Å². The van der Waals surface area contributed by atoms with Gasteiger partial charge in [0.15, 0.2) is 5.60 Å². The average Bonchev–Trinajstić information content (AvgIpc) is 2.84. The van der Waals surface area contributed by atoms with Crippen molar-refractivity contribution in [2.75, 3.05) is 6.61 Å². The number of phenols is 1. The molecule has 0 spiro atoms. The first-order valence-corrected chi connectivity index (χ1v) is 11.0. The van der Waals surface area contributed by atoms with Gasteiger partial charge in [0.1, 0.15) is 42.5 Å². The van der Waals surface area contributed by atoms with Crippen molar-refractivity contribution < 1.29 is 54.8 Å². The molecule has 0 radical (unpaired) electrons. The fourth-order valence-corrected chi connectivity index (χ4v) is 3.55. The summed E-state index contributed by atoms with van der Waals surface area (Å²) in [5.74, 6) is -0.768. The highest BCUT2D eigenvalue weighted by atomic mass is 16.7. The Hall–Kier alpha value is -2.77. The standard InChI is InChI=1S/C24H30O11/c1-13(26)24(32,10-14-2-6-16(27)7-3-14)23(31)33-12-15-4-8-17(9-5-15)34-22-21(30)20(29)19(28)18(11-25)35-22/h2-9,13,18-22,25-30,32H,10-12H2,1H3/t13-,18+,19+,20-,21+,22+,24+/m1/s1. The lowest BCUT2D eigenvalue weighted by Crippen LogP contribution is -2.60. The second-order valence-electron chi connectivity index (χ2n) is 8.48. The minimum atomic E-state index is -2.21. The molecule has 0 unspecified atom stereocenters. The summed E-state index contributed by atoms with van der Waals surface area (Å²) >= 11 is 0. The maximum Gasteiger partial charge on any atom is 0.341 e. The number of aliphatic hydroxyl groups excluding tert-OH is 5. The number of aromatic hydroxyl groups is 1. The van der Waals surface area contributed by atoms with Crippen LogP contribution in [-0.2, 0) is 27.3 Å². The predicted molar refractivity (Wildman–Crippen MR) is 119 cm³/mol. The highest BCUT2D eigenvalue weighted by Gasteiger charge is 2.45. The molecule has 0 amide bonds. The number of phenolic OH excluding ortho intramolecular Hbond substituents is 1. The molecule has 192 valence electrons. The molecule has 0 bridgehead atoms. The van der Waals surface area contributed by atoms with Crippen molar-refractivity contribution >= 4 is 5.97 Å². The van der Waals surface area contributed by atoms with E-state index < -0.39 is 55.0 Å². The number of aliphatic hydroxyl groups is 6. The van der Waals surface area contributed by atoms with Crippen molar-refractivity contribution in [2.24, 2.45) is 0 Å². The Labute approximate surface area is 201 Å². The van der Waals surface area contributed by atoms with E-state index in [1.807, 2.05) is 0 Å². The van der Waals surface area contributed by atoms with Crippen molar-refractivity contribution in [3.8, 4) is 11.5 Å². The normalized spacial score (nSPS) is 27.0. The Kier molecular flexibility index (Phi) is 8.67. The van der Waals surface area contributed by atoms with Crippen LogP contribution in [0, 0.1) is 0 Å². The van der Waals surface area contributed by atoms with E-state index in [2.05, 4.69) is 0 Å². The Balaban J connectivity index is 1.59. The molecule has 11 heteroatoms. The molecule has 1 fully saturated rings. The van der Waals surface area contributed by atoms with Gasteiger partial charge >= 0.3 is 5.97 Å². The second-order valence-corrected chi connectivity index (χ2v) is 8.48. The van der Waals surface area contributed by atoms with Gasteiger partial charge in [0.05, 0.1) is 12.7 Å². The van der Waals surface area contributed by atoms with Crippen LogP contribution >= 0.6 is 0 Å².